The summed E-state index contributed by atoms with van der Waals surface area (Å²) in [6, 6.07) is 26.6. The van der Waals surface area contributed by atoms with Crippen molar-refractivity contribution >= 4 is 41.5 Å². The van der Waals surface area contributed by atoms with Crippen molar-refractivity contribution in [2.75, 3.05) is 14.2 Å². The van der Waals surface area contributed by atoms with Crippen molar-refractivity contribution in [2.45, 2.75) is 29.7 Å². The second-order valence-electron chi connectivity index (χ2n) is 9.64. The lowest BCUT2D eigenvalue weighted by atomic mass is 9.99. The summed E-state index contributed by atoms with van der Waals surface area (Å²) in [4.78, 5) is 52.1. The van der Waals surface area contributed by atoms with E-state index in [-0.39, 0.29) is 16.7 Å². The number of ether oxygens (including phenoxy) is 1. The van der Waals surface area contributed by atoms with Gasteiger partial charge in [0.05, 0.1) is 6.21 Å². The first kappa shape index (κ1) is 29.6. The molecule has 1 N–H and O–H groups in total. The minimum absolute atomic E-state index is 0.0277. The van der Waals surface area contributed by atoms with Crippen LogP contribution in [0.15, 0.2) is 113 Å². The summed E-state index contributed by atoms with van der Waals surface area (Å²) in [7, 11) is 2.74. The molecule has 1 fully saturated rings. The van der Waals surface area contributed by atoms with E-state index < -0.39 is 35.3 Å². The normalized spacial score (nSPS) is 20.0. The van der Waals surface area contributed by atoms with E-state index in [9.17, 15) is 14.4 Å². The zero-order chi connectivity index (χ0) is 30.3. The highest BCUT2D eigenvalue weighted by Gasteiger charge is 2.56. The first-order chi connectivity index (χ1) is 20.9. The number of carbonyl (C=O) groups excluding carboxylic acids is 3. The van der Waals surface area contributed by atoms with Crippen LogP contribution < -0.4 is 5.32 Å². The molecule has 0 aromatic heterocycles. The van der Waals surface area contributed by atoms with Crippen LogP contribution in [-0.2, 0) is 28.8 Å². The van der Waals surface area contributed by atoms with Crippen LogP contribution in [0.4, 0.5) is 0 Å². The van der Waals surface area contributed by atoms with Crippen LogP contribution in [0, 0.1) is 0 Å². The van der Waals surface area contributed by atoms with Crippen molar-refractivity contribution in [2.24, 2.45) is 10.3 Å². The number of benzene rings is 3. The minimum Gasteiger partial charge on any atom is -0.448 e. The van der Waals surface area contributed by atoms with E-state index in [1.807, 2.05) is 73.7 Å². The standard InChI is InChI=1S/C32H30N4O6S/c1-20-24(19-33-40-2)27(32(39)42-28(22-15-9-5-10-16-22)23-17-11-6-12-18-23)36-30(38)26(31(36)43-20)34-29(37)25(35-41-3)21-13-7-4-8-14-21/h4-20,26,28,31H,1-3H3,(H,34,37)/t20-,26?,31+/m1/s1. The molecule has 0 spiro atoms. The van der Waals surface area contributed by atoms with Gasteiger partial charge in [0.25, 0.3) is 11.8 Å². The Morgan fingerprint density at radius 1 is 0.907 bits per heavy atom. The second kappa shape index (κ2) is 13.4. The zero-order valence-electron chi connectivity index (χ0n) is 23.7. The lowest BCUT2D eigenvalue weighted by Crippen LogP contribution is -2.71. The fraction of sp³-hybridized carbons (Fsp3) is 0.219. The van der Waals surface area contributed by atoms with Crippen LogP contribution >= 0.6 is 11.8 Å². The number of β-lactam (4-membered cyclic amide) rings is 1. The van der Waals surface area contributed by atoms with Gasteiger partial charge in [0.15, 0.2) is 11.8 Å². The molecule has 220 valence electrons. The first-order valence-electron chi connectivity index (χ1n) is 13.5. The second-order valence-corrected chi connectivity index (χ2v) is 11.1. The quantitative estimate of drug-likeness (QED) is 0.162. The molecule has 2 amide bonds. The van der Waals surface area contributed by atoms with E-state index in [0.717, 1.165) is 11.1 Å². The molecule has 2 heterocycles. The average Bonchev–Trinajstić information content (AvgIpc) is 3.05. The van der Waals surface area contributed by atoms with Crippen molar-refractivity contribution in [3.8, 4) is 0 Å². The van der Waals surface area contributed by atoms with Gasteiger partial charge in [-0.15, -0.1) is 11.8 Å². The van der Waals surface area contributed by atoms with Crippen LogP contribution in [0.5, 0.6) is 0 Å². The number of rotatable bonds is 10. The monoisotopic (exact) mass is 598 g/mol. The maximum Gasteiger partial charge on any atom is 0.356 e. The zero-order valence-corrected chi connectivity index (χ0v) is 24.6. The van der Waals surface area contributed by atoms with E-state index in [4.69, 9.17) is 14.4 Å². The highest BCUT2D eigenvalue weighted by molar-refractivity contribution is 8.00. The third-order valence-electron chi connectivity index (χ3n) is 6.99. The molecular formula is C32H30N4O6S. The summed E-state index contributed by atoms with van der Waals surface area (Å²) in [5.74, 6) is -1.74. The third kappa shape index (κ3) is 6.17. The summed E-state index contributed by atoms with van der Waals surface area (Å²) in [5.41, 5.74) is 2.63. The number of hydrogen-bond acceptors (Lipinski definition) is 9. The summed E-state index contributed by atoms with van der Waals surface area (Å²) < 4.78 is 6.14. The molecule has 0 aliphatic carbocycles. The van der Waals surface area contributed by atoms with Crippen molar-refractivity contribution < 1.29 is 28.8 Å². The number of nitrogens with one attached hydrogen (secondary N) is 1. The lowest BCUT2D eigenvalue weighted by Gasteiger charge is -2.51. The van der Waals surface area contributed by atoms with Crippen LogP contribution in [0.2, 0.25) is 0 Å². The molecule has 1 unspecified atom stereocenters. The number of esters is 1. The molecule has 5 rings (SSSR count). The van der Waals surface area contributed by atoms with E-state index >= 15 is 0 Å². The molecule has 0 radical (unpaired) electrons. The summed E-state index contributed by atoms with van der Waals surface area (Å²) in [6.45, 7) is 1.89. The Labute approximate surface area is 253 Å². The van der Waals surface area contributed by atoms with Gasteiger partial charge in [-0.1, -0.05) is 101 Å². The Morgan fingerprint density at radius 2 is 1.49 bits per heavy atom. The van der Waals surface area contributed by atoms with E-state index in [1.54, 1.807) is 24.3 Å². The SMILES string of the molecule is CON=CC1=C(C(=O)OC(c2ccccc2)c2ccccc2)N2C(=O)C(NC(=O)C(=NOC)c3ccccc3)[C@@H]2S[C@@H]1C. The molecule has 2 aliphatic rings. The van der Waals surface area contributed by atoms with Gasteiger partial charge < -0.3 is 19.7 Å². The summed E-state index contributed by atoms with van der Waals surface area (Å²) in [6.07, 6.45) is 0.694. The Morgan fingerprint density at radius 3 is 2.05 bits per heavy atom. The van der Waals surface area contributed by atoms with E-state index in [1.165, 1.54) is 37.1 Å². The molecule has 3 aromatic rings. The van der Waals surface area contributed by atoms with Crippen molar-refractivity contribution in [3.05, 3.63) is 119 Å². The van der Waals surface area contributed by atoms with Crippen molar-refractivity contribution in [3.63, 3.8) is 0 Å². The third-order valence-corrected chi connectivity index (χ3v) is 8.41. The summed E-state index contributed by atoms with van der Waals surface area (Å²) >= 11 is 1.41. The molecule has 11 heteroatoms. The lowest BCUT2D eigenvalue weighted by molar-refractivity contribution is -0.154. The van der Waals surface area contributed by atoms with Crippen LogP contribution in [0.3, 0.4) is 0 Å². The number of fused-ring (bicyclic) bond motifs is 1. The van der Waals surface area contributed by atoms with Gasteiger partial charge in [-0.3, -0.25) is 14.5 Å². The van der Waals surface area contributed by atoms with Gasteiger partial charge in [0.2, 0.25) is 0 Å². The molecule has 0 saturated carbocycles. The summed E-state index contributed by atoms with van der Waals surface area (Å²) in [5, 5.41) is 9.70. The Kier molecular flexibility index (Phi) is 9.21. The Hall–Kier alpha value is -4.90. The number of thioether (sulfide) groups is 1. The van der Waals surface area contributed by atoms with Gasteiger partial charge in [0.1, 0.15) is 31.3 Å². The molecule has 0 bridgehead atoms. The molecule has 10 nitrogen and oxygen atoms in total. The van der Waals surface area contributed by atoms with Crippen molar-refractivity contribution in [1.29, 1.82) is 0 Å². The highest BCUT2D eigenvalue weighted by atomic mass is 32.2. The number of nitrogens with zero attached hydrogens (tertiary/aromatic N) is 3. The molecule has 3 aromatic carbocycles. The average molecular weight is 599 g/mol. The molecule has 43 heavy (non-hydrogen) atoms. The fourth-order valence-corrected chi connectivity index (χ4v) is 6.36. The smallest absolute Gasteiger partial charge is 0.356 e. The minimum atomic E-state index is -0.909. The largest absolute Gasteiger partial charge is 0.448 e. The number of oxime groups is 2. The van der Waals surface area contributed by atoms with Crippen LogP contribution in [0.1, 0.15) is 29.7 Å². The van der Waals surface area contributed by atoms with Crippen LogP contribution in [-0.4, -0.2) is 65.5 Å². The molecule has 1 saturated heterocycles. The highest BCUT2D eigenvalue weighted by Crippen LogP contribution is 2.44. The van der Waals surface area contributed by atoms with Gasteiger partial charge in [-0.25, -0.2) is 4.79 Å². The molecular weight excluding hydrogens is 568 g/mol. The van der Waals surface area contributed by atoms with Gasteiger partial charge >= 0.3 is 5.97 Å². The number of hydrogen-bond donors (Lipinski definition) is 1. The van der Waals surface area contributed by atoms with E-state index in [2.05, 4.69) is 15.6 Å². The van der Waals surface area contributed by atoms with Gasteiger partial charge in [0, 0.05) is 16.4 Å². The predicted octanol–water partition coefficient (Wildman–Crippen LogP) is 4.04. The van der Waals surface area contributed by atoms with Crippen LogP contribution in [0.25, 0.3) is 0 Å². The first-order valence-corrected chi connectivity index (χ1v) is 14.5. The Balaban J connectivity index is 1.45. The van der Waals surface area contributed by atoms with Gasteiger partial charge in [-0.2, -0.15) is 0 Å². The Bertz CT molecular complexity index is 1520. The van der Waals surface area contributed by atoms with Crippen molar-refractivity contribution in [1.82, 2.24) is 10.2 Å². The topological polar surface area (TPSA) is 119 Å². The number of amides is 2. The van der Waals surface area contributed by atoms with E-state index in [0.29, 0.717) is 11.1 Å². The maximum atomic E-state index is 14.0. The number of carbonyl (C=O) groups is 3. The maximum absolute atomic E-state index is 14.0. The molecule has 2 aliphatic heterocycles. The predicted molar refractivity (Wildman–Crippen MR) is 163 cm³/mol. The molecule has 3 atom stereocenters. The van der Waals surface area contributed by atoms with Gasteiger partial charge in [-0.05, 0) is 18.1 Å². The fourth-order valence-electron chi connectivity index (χ4n) is 4.95.